The van der Waals surface area contributed by atoms with Crippen LogP contribution in [0.4, 0.5) is 5.69 Å². The fourth-order valence-electron chi connectivity index (χ4n) is 4.34. The van der Waals surface area contributed by atoms with Crippen LogP contribution < -0.4 is 9.64 Å². The van der Waals surface area contributed by atoms with Crippen LogP contribution in [-0.2, 0) is 14.3 Å². The molecular weight excluding hydrogens is 420 g/mol. The molecule has 7 nitrogen and oxygen atoms in total. The number of likely N-dealkylation sites (tertiary alicyclic amines) is 1. The van der Waals surface area contributed by atoms with E-state index in [-0.39, 0.29) is 11.3 Å². The maximum absolute atomic E-state index is 13.2. The lowest BCUT2D eigenvalue weighted by Gasteiger charge is -2.26. The molecule has 2 aromatic rings. The predicted octanol–water partition coefficient (Wildman–Crippen LogP) is 3.84. The van der Waals surface area contributed by atoms with E-state index in [1.165, 1.54) is 12.0 Å². The van der Waals surface area contributed by atoms with E-state index in [4.69, 9.17) is 9.47 Å². The SMILES string of the molecule is COCCCN1C(=O)C(=O)/C(=C(/O)c2cc(C)cc(C)c2OC)C1c1ccc(N(C)C)cc1. The number of nitrogens with zero attached hydrogens (tertiary/aromatic N) is 2. The summed E-state index contributed by atoms with van der Waals surface area (Å²) in [5.41, 5.74) is 3.96. The van der Waals surface area contributed by atoms with Crippen LogP contribution >= 0.6 is 0 Å². The van der Waals surface area contributed by atoms with Gasteiger partial charge in [0.15, 0.2) is 0 Å². The first-order valence-electron chi connectivity index (χ1n) is 10.9. The van der Waals surface area contributed by atoms with Crippen molar-refractivity contribution in [2.75, 3.05) is 46.4 Å². The van der Waals surface area contributed by atoms with Gasteiger partial charge in [0.05, 0.1) is 24.3 Å². The molecule has 1 heterocycles. The van der Waals surface area contributed by atoms with Crippen LogP contribution in [0, 0.1) is 13.8 Å². The van der Waals surface area contributed by atoms with Crippen LogP contribution in [0.3, 0.4) is 0 Å². The van der Waals surface area contributed by atoms with Crippen LogP contribution in [-0.4, -0.2) is 63.2 Å². The lowest BCUT2D eigenvalue weighted by Crippen LogP contribution is -2.31. The Morgan fingerprint density at radius 2 is 1.76 bits per heavy atom. The van der Waals surface area contributed by atoms with E-state index in [9.17, 15) is 14.7 Å². The Balaban J connectivity index is 2.20. The topological polar surface area (TPSA) is 79.3 Å². The number of hydrogen-bond acceptors (Lipinski definition) is 6. The second-order valence-corrected chi connectivity index (χ2v) is 8.49. The maximum Gasteiger partial charge on any atom is 0.295 e. The number of Topliss-reactive ketones (excluding diaryl/α,β-unsaturated/α-hetero) is 1. The van der Waals surface area contributed by atoms with Crippen molar-refractivity contribution in [2.45, 2.75) is 26.3 Å². The molecule has 176 valence electrons. The number of ether oxygens (including phenoxy) is 2. The smallest absolute Gasteiger partial charge is 0.295 e. The summed E-state index contributed by atoms with van der Waals surface area (Å²) in [6.45, 7) is 4.58. The zero-order valence-corrected chi connectivity index (χ0v) is 20.1. The van der Waals surface area contributed by atoms with Gasteiger partial charge in [-0.05, 0) is 55.2 Å². The van der Waals surface area contributed by atoms with Gasteiger partial charge in [-0.15, -0.1) is 0 Å². The van der Waals surface area contributed by atoms with Crippen molar-refractivity contribution >= 4 is 23.1 Å². The highest BCUT2D eigenvalue weighted by atomic mass is 16.5. The van der Waals surface area contributed by atoms with Crippen molar-refractivity contribution in [3.63, 3.8) is 0 Å². The molecule has 0 aliphatic carbocycles. The average molecular weight is 453 g/mol. The Morgan fingerprint density at radius 1 is 1.09 bits per heavy atom. The molecule has 0 spiro atoms. The van der Waals surface area contributed by atoms with E-state index < -0.39 is 17.7 Å². The quantitative estimate of drug-likeness (QED) is 0.284. The summed E-state index contributed by atoms with van der Waals surface area (Å²) >= 11 is 0. The molecule has 1 amide bonds. The number of aliphatic hydroxyl groups excluding tert-OH is 1. The number of amides is 1. The van der Waals surface area contributed by atoms with Gasteiger partial charge in [0.25, 0.3) is 11.7 Å². The number of aliphatic hydroxyl groups is 1. The standard InChI is InChI=1S/C26H32N2O5/c1-16-14-17(2)25(33-6)20(15-16)23(29)21-22(18-8-10-19(11-9-18)27(3)4)28(12-7-13-32-5)26(31)24(21)30/h8-11,14-15,22,29H,7,12-13H2,1-6H3/b23-21+. The second-order valence-electron chi connectivity index (χ2n) is 8.49. The first-order chi connectivity index (χ1) is 15.7. The lowest BCUT2D eigenvalue weighted by molar-refractivity contribution is -0.140. The minimum Gasteiger partial charge on any atom is -0.507 e. The molecular formula is C26H32N2O5. The monoisotopic (exact) mass is 452 g/mol. The van der Waals surface area contributed by atoms with Crippen molar-refractivity contribution in [1.29, 1.82) is 0 Å². The number of anilines is 1. The second kappa shape index (κ2) is 10.1. The molecule has 1 N–H and O–H groups in total. The Bertz CT molecular complexity index is 1070. The summed E-state index contributed by atoms with van der Waals surface area (Å²) in [7, 11) is 7.00. The van der Waals surface area contributed by atoms with E-state index in [0.29, 0.717) is 30.9 Å². The summed E-state index contributed by atoms with van der Waals surface area (Å²) < 4.78 is 10.7. The van der Waals surface area contributed by atoms with Crippen molar-refractivity contribution in [3.8, 4) is 5.75 Å². The molecule has 1 aliphatic rings. The van der Waals surface area contributed by atoms with Crippen LogP contribution in [0.2, 0.25) is 0 Å². The fourth-order valence-corrected chi connectivity index (χ4v) is 4.34. The van der Waals surface area contributed by atoms with E-state index in [1.807, 2.05) is 63.2 Å². The third-order valence-electron chi connectivity index (χ3n) is 5.89. The number of carbonyl (C=O) groups excluding carboxylic acids is 2. The molecule has 1 fully saturated rings. The van der Waals surface area contributed by atoms with Gasteiger partial charge in [-0.1, -0.05) is 18.2 Å². The van der Waals surface area contributed by atoms with Crippen molar-refractivity contribution in [2.24, 2.45) is 0 Å². The maximum atomic E-state index is 13.2. The molecule has 1 atom stereocenters. The van der Waals surface area contributed by atoms with E-state index in [0.717, 1.165) is 22.4 Å². The van der Waals surface area contributed by atoms with Crippen LogP contribution in [0.1, 0.15) is 34.7 Å². The Kier molecular flexibility index (Phi) is 7.43. The molecule has 2 aromatic carbocycles. The molecule has 1 saturated heterocycles. The third kappa shape index (κ3) is 4.73. The highest BCUT2D eigenvalue weighted by molar-refractivity contribution is 6.46. The molecule has 3 rings (SSSR count). The lowest BCUT2D eigenvalue weighted by atomic mass is 9.93. The Labute approximate surface area is 195 Å². The summed E-state index contributed by atoms with van der Waals surface area (Å²) in [4.78, 5) is 29.7. The normalized spacial score (nSPS) is 17.5. The van der Waals surface area contributed by atoms with Crippen LogP contribution in [0.5, 0.6) is 5.75 Å². The predicted molar refractivity (Wildman–Crippen MR) is 129 cm³/mol. The van der Waals surface area contributed by atoms with Crippen LogP contribution in [0.15, 0.2) is 42.0 Å². The van der Waals surface area contributed by atoms with Gasteiger partial charge in [-0.25, -0.2) is 0 Å². The third-order valence-corrected chi connectivity index (χ3v) is 5.89. The molecule has 1 aliphatic heterocycles. The fraction of sp³-hybridized carbons (Fsp3) is 0.385. The average Bonchev–Trinajstić information content (AvgIpc) is 3.03. The number of ketones is 1. The summed E-state index contributed by atoms with van der Waals surface area (Å²) in [6.07, 6.45) is 0.572. The zero-order valence-electron chi connectivity index (χ0n) is 20.1. The summed E-state index contributed by atoms with van der Waals surface area (Å²) in [5.74, 6) is -1.08. The number of rotatable bonds is 8. The highest BCUT2D eigenvalue weighted by Gasteiger charge is 2.46. The number of carbonyl (C=O) groups is 2. The number of hydrogen-bond donors (Lipinski definition) is 1. The largest absolute Gasteiger partial charge is 0.507 e. The molecule has 0 radical (unpaired) electrons. The minimum absolute atomic E-state index is 0.0679. The zero-order chi connectivity index (χ0) is 24.3. The molecule has 1 unspecified atom stereocenters. The molecule has 7 heteroatoms. The van der Waals surface area contributed by atoms with Crippen molar-refractivity contribution in [1.82, 2.24) is 4.90 Å². The van der Waals surface area contributed by atoms with E-state index in [1.54, 1.807) is 13.2 Å². The Hall–Kier alpha value is -3.32. The van der Waals surface area contributed by atoms with Gasteiger partial charge < -0.3 is 24.4 Å². The molecule has 0 saturated carbocycles. The van der Waals surface area contributed by atoms with Gasteiger partial charge >= 0.3 is 0 Å². The minimum atomic E-state index is -0.705. The summed E-state index contributed by atoms with van der Waals surface area (Å²) in [5, 5.41) is 11.4. The number of methoxy groups -OCH3 is 2. The van der Waals surface area contributed by atoms with Crippen molar-refractivity contribution in [3.05, 3.63) is 64.2 Å². The number of benzene rings is 2. The van der Waals surface area contributed by atoms with Crippen molar-refractivity contribution < 1.29 is 24.2 Å². The molecule has 0 aromatic heterocycles. The summed E-state index contributed by atoms with van der Waals surface area (Å²) in [6, 6.07) is 10.7. The highest BCUT2D eigenvalue weighted by Crippen LogP contribution is 2.42. The molecule has 33 heavy (non-hydrogen) atoms. The Morgan fingerprint density at radius 3 is 2.33 bits per heavy atom. The van der Waals surface area contributed by atoms with Gasteiger partial charge in [0, 0.05) is 40.0 Å². The van der Waals surface area contributed by atoms with E-state index >= 15 is 0 Å². The molecule has 0 bridgehead atoms. The first kappa shape index (κ1) is 24.3. The van der Waals surface area contributed by atoms with Crippen LogP contribution in [0.25, 0.3) is 5.76 Å². The van der Waals surface area contributed by atoms with Gasteiger partial charge in [-0.3, -0.25) is 9.59 Å². The van der Waals surface area contributed by atoms with Gasteiger partial charge in [-0.2, -0.15) is 0 Å². The van der Waals surface area contributed by atoms with E-state index in [2.05, 4.69) is 0 Å². The van der Waals surface area contributed by atoms with Gasteiger partial charge in [0.2, 0.25) is 0 Å². The number of aryl methyl sites for hydroxylation is 2. The first-order valence-corrected chi connectivity index (χ1v) is 10.9. The van der Waals surface area contributed by atoms with Gasteiger partial charge in [0.1, 0.15) is 11.5 Å².